The molecule has 1 saturated heterocycles. The van der Waals surface area contributed by atoms with Gasteiger partial charge in [0.25, 0.3) is 5.91 Å². The largest absolute Gasteiger partial charge is 0.425 e. The highest BCUT2D eigenvalue weighted by Gasteiger charge is 2.30. The maximum Gasteiger partial charge on any atom is 0.256 e. The fourth-order valence-corrected chi connectivity index (χ4v) is 3.12. The van der Waals surface area contributed by atoms with Crippen LogP contribution < -0.4 is 0 Å². The number of likely N-dealkylation sites (tertiary alicyclic amines) is 1. The Bertz CT molecular complexity index is 751. The Balaban J connectivity index is 1.71. The Hall–Kier alpha value is -2.24. The lowest BCUT2D eigenvalue weighted by Crippen LogP contribution is -2.39. The molecular weight excluding hydrogens is 321 g/mol. The van der Waals surface area contributed by atoms with E-state index in [4.69, 9.17) is 4.42 Å². The lowest BCUT2D eigenvalue weighted by Gasteiger charge is -2.31. The molecule has 134 valence electrons. The van der Waals surface area contributed by atoms with E-state index < -0.39 is 5.82 Å². The minimum absolute atomic E-state index is 0.00527. The fourth-order valence-electron chi connectivity index (χ4n) is 3.12. The van der Waals surface area contributed by atoms with Gasteiger partial charge in [0.15, 0.2) is 0 Å². The van der Waals surface area contributed by atoms with Gasteiger partial charge >= 0.3 is 0 Å². The van der Waals surface area contributed by atoms with Crippen LogP contribution in [-0.4, -0.2) is 34.1 Å². The molecule has 1 unspecified atom stereocenters. The highest BCUT2D eigenvalue weighted by atomic mass is 19.1. The first-order valence-electron chi connectivity index (χ1n) is 8.69. The first-order valence-corrected chi connectivity index (χ1v) is 8.69. The molecule has 6 heteroatoms. The van der Waals surface area contributed by atoms with Crippen LogP contribution in [0.5, 0.6) is 0 Å². The van der Waals surface area contributed by atoms with Gasteiger partial charge in [-0.2, -0.15) is 0 Å². The summed E-state index contributed by atoms with van der Waals surface area (Å²) >= 11 is 0. The predicted octanol–water partition coefficient (Wildman–Crippen LogP) is 3.82. The average Bonchev–Trinajstić information content (AvgIpc) is 3.01. The van der Waals surface area contributed by atoms with Crippen molar-refractivity contribution in [2.75, 3.05) is 13.1 Å². The summed E-state index contributed by atoms with van der Waals surface area (Å²) in [6.45, 7) is 7.45. The Labute approximate surface area is 147 Å². The van der Waals surface area contributed by atoms with Crippen molar-refractivity contribution in [3.8, 4) is 0 Å². The lowest BCUT2D eigenvalue weighted by atomic mass is 9.92. The number of nitrogens with zero attached hydrogens (tertiary/aromatic N) is 3. The van der Waals surface area contributed by atoms with Gasteiger partial charge in [-0.25, -0.2) is 4.39 Å². The maximum atomic E-state index is 13.9. The number of benzene rings is 1. The summed E-state index contributed by atoms with van der Waals surface area (Å²) in [4.78, 5) is 14.3. The van der Waals surface area contributed by atoms with E-state index in [1.54, 1.807) is 17.0 Å². The van der Waals surface area contributed by atoms with E-state index in [0.29, 0.717) is 31.3 Å². The lowest BCUT2D eigenvalue weighted by molar-refractivity contribution is 0.0693. The summed E-state index contributed by atoms with van der Waals surface area (Å²) in [5.74, 6) is 0.438. The van der Waals surface area contributed by atoms with Gasteiger partial charge < -0.3 is 9.32 Å². The molecule has 0 bridgehead atoms. The Morgan fingerprint density at radius 3 is 2.80 bits per heavy atom. The number of carbonyl (C=O) groups excluding carboxylic acids is 1. The quantitative estimate of drug-likeness (QED) is 0.848. The normalized spacial score (nSPS) is 18.4. The number of carbonyl (C=O) groups is 1. The third kappa shape index (κ3) is 4.24. The molecular formula is C19H24FN3O2. The maximum absolute atomic E-state index is 13.9. The Kier molecular flexibility index (Phi) is 4.88. The van der Waals surface area contributed by atoms with E-state index in [9.17, 15) is 9.18 Å². The SMILES string of the molecule is CC(C)(C)Cc1nnc(C2CCCN(C(=O)c3ccccc3F)C2)o1. The molecule has 0 aliphatic carbocycles. The van der Waals surface area contributed by atoms with E-state index in [2.05, 4.69) is 31.0 Å². The van der Waals surface area contributed by atoms with Crippen molar-refractivity contribution in [3.05, 3.63) is 47.4 Å². The van der Waals surface area contributed by atoms with Gasteiger partial charge in [-0.3, -0.25) is 4.79 Å². The second kappa shape index (κ2) is 6.94. The van der Waals surface area contributed by atoms with Gasteiger partial charge in [-0.15, -0.1) is 10.2 Å². The summed E-state index contributed by atoms with van der Waals surface area (Å²) in [6, 6.07) is 6.09. The first-order chi connectivity index (χ1) is 11.8. The molecule has 1 aromatic heterocycles. The average molecular weight is 345 g/mol. The van der Waals surface area contributed by atoms with Crippen molar-refractivity contribution >= 4 is 5.91 Å². The number of halogens is 1. The number of amides is 1. The van der Waals surface area contributed by atoms with E-state index in [0.717, 1.165) is 12.8 Å². The zero-order valence-corrected chi connectivity index (χ0v) is 15.0. The third-order valence-electron chi connectivity index (χ3n) is 4.33. The number of piperidine rings is 1. The van der Waals surface area contributed by atoms with Gasteiger partial charge in [0.05, 0.1) is 11.5 Å². The standard InChI is InChI=1S/C19H24FN3O2/c1-19(2,3)11-16-21-22-17(25-16)13-7-6-10-23(12-13)18(24)14-8-4-5-9-15(14)20/h4-5,8-9,13H,6-7,10-12H2,1-3H3. The minimum Gasteiger partial charge on any atom is -0.425 e. The van der Waals surface area contributed by atoms with Crippen LogP contribution in [0.3, 0.4) is 0 Å². The monoisotopic (exact) mass is 345 g/mol. The molecule has 1 atom stereocenters. The molecule has 1 aromatic carbocycles. The second-order valence-electron chi connectivity index (χ2n) is 7.84. The van der Waals surface area contributed by atoms with Crippen LogP contribution in [0.1, 0.15) is 61.7 Å². The van der Waals surface area contributed by atoms with Crippen molar-refractivity contribution in [1.82, 2.24) is 15.1 Å². The molecule has 2 aromatic rings. The smallest absolute Gasteiger partial charge is 0.256 e. The zero-order valence-electron chi connectivity index (χ0n) is 15.0. The first kappa shape index (κ1) is 17.6. The molecule has 3 rings (SSSR count). The number of hydrogen-bond acceptors (Lipinski definition) is 4. The van der Waals surface area contributed by atoms with Gasteiger partial charge in [-0.05, 0) is 30.4 Å². The van der Waals surface area contributed by atoms with Crippen LogP contribution in [0.25, 0.3) is 0 Å². The van der Waals surface area contributed by atoms with Crippen molar-refractivity contribution in [3.63, 3.8) is 0 Å². The van der Waals surface area contributed by atoms with Gasteiger partial charge in [0.1, 0.15) is 5.82 Å². The predicted molar refractivity (Wildman–Crippen MR) is 91.7 cm³/mol. The van der Waals surface area contributed by atoms with Crippen LogP contribution in [0.15, 0.2) is 28.7 Å². The molecule has 0 spiro atoms. The fraction of sp³-hybridized carbons (Fsp3) is 0.526. The summed E-state index contributed by atoms with van der Waals surface area (Å²) in [6.07, 6.45) is 2.44. The topological polar surface area (TPSA) is 59.2 Å². The van der Waals surface area contributed by atoms with E-state index >= 15 is 0 Å². The van der Waals surface area contributed by atoms with Crippen LogP contribution in [0.2, 0.25) is 0 Å². The molecule has 1 amide bonds. The van der Waals surface area contributed by atoms with Crippen LogP contribution in [0, 0.1) is 11.2 Å². The molecule has 0 saturated carbocycles. The number of aromatic nitrogens is 2. The Morgan fingerprint density at radius 2 is 2.08 bits per heavy atom. The van der Waals surface area contributed by atoms with Crippen LogP contribution in [0.4, 0.5) is 4.39 Å². The molecule has 1 aliphatic heterocycles. The van der Waals surface area contributed by atoms with Crippen LogP contribution >= 0.6 is 0 Å². The molecule has 25 heavy (non-hydrogen) atoms. The molecule has 0 radical (unpaired) electrons. The summed E-state index contributed by atoms with van der Waals surface area (Å²) in [5, 5.41) is 8.32. The summed E-state index contributed by atoms with van der Waals surface area (Å²) in [5.41, 5.74) is 0.186. The highest BCUT2D eigenvalue weighted by molar-refractivity contribution is 5.94. The van der Waals surface area contributed by atoms with Gasteiger partial charge in [-0.1, -0.05) is 32.9 Å². The van der Waals surface area contributed by atoms with Crippen molar-refractivity contribution in [2.24, 2.45) is 5.41 Å². The minimum atomic E-state index is -0.486. The summed E-state index contributed by atoms with van der Waals surface area (Å²) in [7, 11) is 0. The van der Waals surface area contributed by atoms with Gasteiger partial charge in [0.2, 0.25) is 11.8 Å². The highest BCUT2D eigenvalue weighted by Crippen LogP contribution is 2.28. The molecule has 2 heterocycles. The van der Waals surface area contributed by atoms with Crippen molar-refractivity contribution < 1.29 is 13.6 Å². The van der Waals surface area contributed by atoms with Gasteiger partial charge in [0, 0.05) is 19.5 Å². The third-order valence-corrected chi connectivity index (χ3v) is 4.33. The van der Waals surface area contributed by atoms with E-state index in [1.807, 2.05) is 0 Å². The van der Waals surface area contributed by atoms with Crippen molar-refractivity contribution in [1.29, 1.82) is 0 Å². The zero-order chi connectivity index (χ0) is 18.0. The van der Waals surface area contributed by atoms with E-state index in [-0.39, 0.29) is 22.8 Å². The molecule has 1 fully saturated rings. The molecule has 5 nitrogen and oxygen atoms in total. The molecule has 1 aliphatic rings. The summed E-state index contributed by atoms with van der Waals surface area (Å²) < 4.78 is 19.7. The van der Waals surface area contributed by atoms with E-state index in [1.165, 1.54) is 12.1 Å². The second-order valence-corrected chi connectivity index (χ2v) is 7.84. The number of hydrogen-bond donors (Lipinski definition) is 0. The molecule has 0 N–H and O–H groups in total. The van der Waals surface area contributed by atoms with Crippen LogP contribution in [-0.2, 0) is 6.42 Å². The number of rotatable bonds is 3. The van der Waals surface area contributed by atoms with Crippen molar-refractivity contribution in [2.45, 2.75) is 46.0 Å². The Morgan fingerprint density at radius 1 is 1.32 bits per heavy atom.